The third-order valence-electron chi connectivity index (χ3n) is 3.84. The van der Waals surface area contributed by atoms with Crippen molar-refractivity contribution in [3.8, 4) is 0 Å². The predicted molar refractivity (Wildman–Crippen MR) is 68.9 cm³/mol. The van der Waals surface area contributed by atoms with E-state index < -0.39 is 21.8 Å². The SMILES string of the molecule is O=S(=O)(Cc1ccc(C(F)(F)F)cc1)N1CC2CC1CO2. The van der Waals surface area contributed by atoms with Crippen LogP contribution < -0.4 is 0 Å². The smallest absolute Gasteiger partial charge is 0.375 e. The quantitative estimate of drug-likeness (QED) is 0.855. The van der Waals surface area contributed by atoms with Gasteiger partial charge in [-0.15, -0.1) is 0 Å². The van der Waals surface area contributed by atoms with Gasteiger partial charge in [0.2, 0.25) is 10.0 Å². The zero-order valence-corrected chi connectivity index (χ0v) is 11.8. The highest BCUT2D eigenvalue weighted by Crippen LogP contribution is 2.32. The van der Waals surface area contributed by atoms with Crippen LogP contribution in [0.5, 0.6) is 0 Å². The molecule has 8 heteroatoms. The van der Waals surface area contributed by atoms with Gasteiger partial charge in [0.1, 0.15) is 0 Å². The molecule has 2 aliphatic heterocycles. The fourth-order valence-corrected chi connectivity index (χ4v) is 4.56. The molecule has 0 amide bonds. The first kappa shape index (κ1) is 14.8. The van der Waals surface area contributed by atoms with Crippen molar-refractivity contribution in [2.75, 3.05) is 13.2 Å². The van der Waals surface area contributed by atoms with E-state index >= 15 is 0 Å². The van der Waals surface area contributed by atoms with Gasteiger partial charge in [0.25, 0.3) is 0 Å². The second-order valence-corrected chi connectivity index (χ2v) is 7.29. The minimum atomic E-state index is -4.41. The Labute approximate surface area is 120 Å². The van der Waals surface area contributed by atoms with Crippen molar-refractivity contribution in [2.45, 2.75) is 30.5 Å². The minimum absolute atomic E-state index is 0.0441. The lowest BCUT2D eigenvalue weighted by Crippen LogP contribution is -2.41. The molecule has 2 aliphatic rings. The van der Waals surface area contributed by atoms with Crippen molar-refractivity contribution >= 4 is 10.0 Å². The maximum absolute atomic E-state index is 12.5. The van der Waals surface area contributed by atoms with E-state index in [1.165, 1.54) is 16.4 Å². The molecule has 116 valence electrons. The Kier molecular flexibility index (Phi) is 3.50. The highest BCUT2D eigenvalue weighted by Gasteiger charge is 2.44. The van der Waals surface area contributed by atoms with Crippen LogP contribution in [0.15, 0.2) is 24.3 Å². The summed E-state index contributed by atoms with van der Waals surface area (Å²) >= 11 is 0. The van der Waals surface area contributed by atoms with E-state index in [4.69, 9.17) is 4.74 Å². The van der Waals surface area contributed by atoms with E-state index in [9.17, 15) is 21.6 Å². The fourth-order valence-electron chi connectivity index (χ4n) is 2.79. The molecule has 2 bridgehead atoms. The van der Waals surface area contributed by atoms with Crippen molar-refractivity contribution in [1.29, 1.82) is 0 Å². The van der Waals surface area contributed by atoms with Crippen LogP contribution in [0.2, 0.25) is 0 Å². The first-order valence-corrected chi connectivity index (χ1v) is 8.14. The number of hydrogen-bond donors (Lipinski definition) is 0. The van der Waals surface area contributed by atoms with Gasteiger partial charge in [-0.25, -0.2) is 8.42 Å². The monoisotopic (exact) mass is 321 g/mol. The third-order valence-corrected chi connectivity index (χ3v) is 5.70. The summed E-state index contributed by atoms with van der Waals surface area (Å²) in [6.45, 7) is 0.741. The van der Waals surface area contributed by atoms with Crippen LogP contribution in [0.1, 0.15) is 17.5 Å². The molecule has 0 aromatic heterocycles. The number of sulfonamides is 1. The molecule has 0 saturated carbocycles. The fraction of sp³-hybridized carbons (Fsp3) is 0.538. The molecule has 0 aliphatic carbocycles. The molecule has 2 atom stereocenters. The van der Waals surface area contributed by atoms with Crippen LogP contribution in [0.25, 0.3) is 0 Å². The molecule has 2 fully saturated rings. The molecule has 0 N–H and O–H groups in total. The van der Waals surface area contributed by atoms with Gasteiger partial charge in [-0.1, -0.05) is 12.1 Å². The van der Waals surface area contributed by atoms with Crippen LogP contribution >= 0.6 is 0 Å². The number of alkyl halides is 3. The lowest BCUT2D eigenvalue weighted by Gasteiger charge is -2.26. The average molecular weight is 321 g/mol. The topological polar surface area (TPSA) is 46.6 Å². The number of ether oxygens (including phenoxy) is 1. The number of rotatable bonds is 3. The van der Waals surface area contributed by atoms with E-state index in [0.717, 1.165) is 12.1 Å². The molecule has 1 aromatic carbocycles. The molecule has 2 heterocycles. The Hall–Kier alpha value is -1.12. The van der Waals surface area contributed by atoms with Crippen LogP contribution in [-0.4, -0.2) is 38.0 Å². The van der Waals surface area contributed by atoms with Gasteiger partial charge in [-0.2, -0.15) is 17.5 Å². The summed E-state index contributed by atoms with van der Waals surface area (Å²) in [4.78, 5) is 0. The van der Waals surface area contributed by atoms with Gasteiger partial charge in [0, 0.05) is 6.54 Å². The Morgan fingerprint density at radius 1 is 1.24 bits per heavy atom. The first-order valence-electron chi connectivity index (χ1n) is 6.53. The Balaban J connectivity index is 1.74. The molecule has 21 heavy (non-hydrogen) atoms. The lowest BCUT2D eigenvalue weighted by molar-refractivity contribution is -0.137. The average Bonchev–Trinajstić information content (AvgIpc) is 3.00. The summed E-state index contributed by atoms with van der Waals surface area (Å²) in [5.74, 6) is -0.283. The maximum atomic E-state index is 12.5. The number of nitrogens with zero attached hydrogens (tertiary/aromatic N) is 1. The Morgan fingerprint density at radius 3 is 2.38 bits per heavy atom. The van der Waals surface area contributed by atoms with Crippen LogP contribution in [0.4, 0.5) is 13.2 Å². The van der Waals surface area contributed by atoms with Gasteiger partial charge in [0.05, 0.1) is 30.1 Å². The number of morpholine rings is 1. The van der Waals surface area contributed by atoms with Crippen LogP contribution in [0, 0.1) is 0 Å². The highest BCUT2D eigenvalue weighted by molar-refractivity contribution is 7.88. The van der Waals surface area contributed by atoms with Gasteiger partial charge in [-0.3, -0.25) is 0 Å². The van der Waals surface area contributed by atoms with Gasteiger partial charge < -0.3 is 4.74 Å². The van der Waals surface area contributed by atoms with E-state index in [1.807, 2.05) is 0 Å². The molecule has 3 rings (SSSR count). The van der Waals surface area contributed by atoms with E-state index in [-0.39, 0.29) is 17.9 Å². The zero-order valence-electron chi connectivity index (χ0n) is 11.0. The van der Waals surface area contributed by atoms with E-state index in [1.54, 1.807) is 0 Å². The summed E-state index contributed by atoms with van der Waals surface area (Å²) in [5.41, 5.74) is -0.427. The molecular weight excluding hydrogens is 307 g/mol. The van der Waals surface area contributed by atoms with E-state index in [0.29, 0.717) is 25.1 Å². The highest BCUT2D eigenvalue weighted by atomic mass is 32.2. The molecule has 0 radical (unpaired) electrons. The second kappa shape index (κ2) is 4.96. The summed E-state index contributed by atoms with van der Waals surface area (Å²) in [6.07, 6.45) is -3.76. The van der Waals surface area contributed by atoms with Crippen molar-refractivity contribution < 1.29 is 26.3 Å². The second-order valence-electron chi connectivity index (χ2n) is 5.37. The predicted octanol–water partition coefficient (Wildman–Crippen LogP) is 2.01. The summed E-state index contributed by atoms with van der Waals surface area (Å²) in [6, 6.07) is 4.11. The number of halogens is 3. The summed E-state index contributed by atoms with van der Waals surface area (Å²) < 4.78 is 68.8. The van der Waals surface area contributed by atoms with Crippen molar-refractivity contribution in [2.24, 2.45) is 0 Å². The van der Waals surface area contributed by atoms with Crippen molar-refractivity contribution in [3.05, 3.63) is 35.4 Å². The lowest BCUT2D eigenvalue weighted by atomic mass is 10.1. The standard InChI is InChI=1S/C13H14F3NO3S/c14-13(15,16)10-3-1-9(2-4-10)8-21(18,19)17-6-12-5-11(17)7-20-12/h1-4,11-12H,5-8H2. The third kappa shape index (κ3) is 2.93. The number of benzene rings is 1. The zero-order chi connectivity index (χ0) is 15.3. The Bertz CT molecular complexity index is 627. The summed E-state index contributed by atoms with van der Waals surface area (Å²) in [7, 11) is -3.52. The molecule has 0 spiro atoms. The first-order chi connectivity index (χ1) is 9.75. The number of fused-ring (bicyclic) bond motifs is 2. The van der Waals surface area contributed by atoms with E-state index in [2.05, 4.69) is 0 Å². The Morgan fingerprint density at radius 2 is 1.90 bits per heavy atom. The van der Waals surface area contributed by atoms with Gasteiger partial charge in [-0.05, 0) is 24.1 Å². The number of hydrogen-bond acceptors (Lipinski definition) is 3. The molecule has 4 nitrogen and oxygen atoms in total. The molecule has 1 aromatic rings. The van der Waals surface area contributed by atoms with Crippen molar-refractivity contribution in [1.82, 2.24) is 4.31 Å². The van der Waals surface area contributed by atoms with Gasteiger partial charge in [0.15, 0.2) is 0 Å². The normalized spacial score (nSPS) is 26.4. The van der Waals surface area contributed by atoms with Crippen LogP contribution in [0.3, 0.4) is 0 Å². The van der Waals surface area contributed by atoms with Crippen LogP contribution in [-0.2, 0) is 26.7 Å². The molecular formula is C13H14F3NO3S. The summed E-state index contributed by atoms with van der Waals surface area (Å²) in [5, 5.41) is 0. The van der Waals surface area contributed by atoms with Gasteiger partial charge >= 0.3 is 6.18 Å². The maximum Gasteiger partial charge on any atom is 0.416 e. The minimum Gasteiger partial charge on any atom is -0.375 e. The molecule has 2 saturated heterocycles. The van der Waals surface area contributed by atoms with Crippen molar-refractivity contribution in [3.63, 3.8) is 0 Å². The molecule has 2 unspecified atom stereocenters. The largest absolute Gasteiger partial charge is 0.416 e.